The molecule has 1 aliphatic rings. The van der Waals surface area contributed by atoms with E-state index >= 15 is 0 Å². The Hall–Kier alpha value is -1.07. The zero-order valence-corrected chi connectivity index (χ0v) is 13.2. The van der Waals surface area contributed by atoms with Crippen molar-refractivity contribution in [1.29, 1.82) is 0 Å². The van der Waals surface area contributed by atoms with Crippen LogP contribution in [0.4, 0.5) is 5.69 Å². The van der Waals surface area contributed by atoms with E-state index in [1.165, 1.54) is 0 Å². The molecule has 2 rings (SSSR count). The molecule has 1 saturated carbocycles. The number of nitrogens with one attached hydrogen (secondary N) is 1. The fraction of sp³-hybridized carbons (Fsp3) is 0.533. The van der Waals surface area contributed by atoms with Crippen molar-refractivity contribution >= 4 is 27.5 Å². The lowest BCUT2D eigenvalue weighted by molar-refractivity contribution is 0.0696. The summed E-state index contributed by atoms with van der Waals surface area (Å²) in [5, 5.41) is 12.8. The highest BCUT2D eigenvalue weighted by Gasteiger charge is 2.36. The first-order valence-corrected chi connectivity index (χ1v) is 7.73. The van der Waals surface area contributed by atoms with E-state index in [2.05, 4.69) is 28.2 Å². The number of halogens is 1. The van der Waals surface area contributed by atoms with Crippen LogP contribution in [0.25, 0.3) is 0 Å². The number of carbonyl (C=O) groups is 1. The predicted molar refractivity (Wildman–Crippen MR) is 83.5 cm³/mol. The zero-order chi connectivity index (χ0) is 14.8. The Morgan fingerprint density at radius 1 is 1.60 bits per heavy atom. The molecular weight excluding hydrogens is 320 g/mol. The topological polar surface area (TPSA) is 75.3 Å². The van der Waals surface area contributed by atoms with Gasteiger partial charge in [0.15, 0.2) is 0 Å². The second-order valence-corrected chi connectivity index (χ2v) is 6.69. The largest absolute Gasteiger partial charge is 0.399 e. The van der Waals surface area contributed by atoms with Crippen LogP contribution in [-0.4, -0.2) is 23.2 Å². The Labute approximate surface area is 127 Å². The van der Waals surface area contributed by atoms with Gasteiger partial charge in [-0.05, 0) is 52.9 Å². The van der Waals surface area contributed by atoms with Crippen LogP contribution in [0.3, 0.4) is 0 Å². The van der Waals surface area contributed by atoms with Crippen molar-refractivity contribution in [3.63, 3.8) is 0 Å². The standard InChI is InChI=1S/C15H21BrN2O2/c1-10-3-2-6-15(8-10,9-19)18-14(20)12-7-11(17)4-5-13(12)16/h4-5,7,10,19H,2-3,6,8-9,17H2,1H3,(H,18,20). The van der Waals surface area contributed by atoms with E-state index in [4.69, 9.17) is 5.73 Å². The van der Waals surface area contributed by atoms with Crippen molar-refractivity contribution in [2.24, 2.45) is 5.92 Å². The number of hydrogen-bond acceptors (Lipinski definition) is 3. The average molecular weight is 341 g/mol. The Bertz CT molecular complexity index is 507. The lowest BCUT2D eigenvalue weighted by Crippen LogP contribution is -2.53. The Morgan fingerprint density at radius 2 is 2.35 bits per heavy atom. The lowest BCUT2D eigenvalue weighted by atomic mass is 9.76. The van der Waals surface area contributed by atoms with E-state index in [1.807, 2.05) is 0 Å². The van der Waals surface area contributed by atoms with Gasteiger partial charge in [0, 0.05) is 10.2 Å². The average Bonchev–Trinajstić information content (AvgIpc) is 2.41. The Kier molecular flexibility index (Phi) is 4.70. The lowest BCUT2D eigenvalue weighted by Gasteiger charge is -2.39. The van der Waals surface area contributed by atoms with Gasteiger partial charge < -0.3 is 16.2 Å². The van der Waals surface area contributed by atoms with Crippen LogP contribution >= 0.6 is 15.9 Å². The van der Waals surface area contributed by atoms with Crippen molar-refractivity contribution in [2.75, 3.05) is 12.3 Å². The Morgan fingerprint density at radius 3 is 3.00 bits per heavy atom. The van der Waals surface area contributed by atoms with Crippen molar-refractivity contribution in [3.05, 3.63) is 28.2 Å². The van der Waals surface area contributed by atoms with Crippen LogP contribution in [0.5, 0.6) is 0 Å². The smallest absolute Gasteiger partial charge is 0.253 e. The molecule has 0 aliphatic heterocycles. The summed E-state index contributed by atoms with van der Waals surface area (Å²) in [4.78, 5) is 12.4. The summed E-state index contributed by atoms with van der Waals surface area (Å²) in [6.45, 7) is 2.13. The number of carbonyl (C=O) groups excluding carboxylic acids is 1. The molecule has 0 radical (unpaired) electrons. The van der Waals surface area contributed by atoms with E-state index in [9.17, 15) is 9.90 Å². The number of nitrogen functional groups attached to an aromatic ring is 1. The van der Waals surface area contributed by atoms with Gasteiger partial charge in [-0.25, -0.2) is 0 Å². The zero-order valence-electron chi connectivity index (χ0n) is 11.7. The molecule has 0 aromatic heterocycles. The van der Waals surface area contributed by atoms with Crippen LogP contribution in [0.2, 0.25) is 0 Å². The molecule has 2 atom stereocenters. The van der Waals surface area contributed by atoms with Crippen LogP contribution < -0.4 is 11.1 Å². The minimum Gasteiger partial charge on any atom is -0.399 e. The molecule has 0 saturated heterocycles. The molecule has 110 valence electrons. The molecule has 1 aliphatic carbocycles. The number of aliphatic hydroxyl groups is 1. The normalized spacial score (nSPS) is 26.2. The van der Waals surface area contributed by atoms with Crippen molar-refractivity contribution in [1.82, 2.24) is 5.32 Å². The van der Waals surface area contributed by atoms with Crippen LogP contribution in [0.1, 0.15) is 43.0 Å². The summed E-state index contributed by atoms with van der Waals surface area (Å²) in [7, 11) is 0. The highest BCUT2D eigenvalue weighted by molar-refractivity contribution is 9.10. The van der Waals surface area contributed by atoms with E-state index < -0.39 is 5.54 Å². The fourth-order valence-electron chi connectivity index (χ4n) is 2.98. The SMILES string of the molecule is CC1CCCC(CO)(NC(=O)c2cc(N)ccc2Br)C1. The van der Waals surface area contributed by atoms with Gasteiger partial charge in [0.2, 0.25) is 0 Å². The molecule has 0 bridgehead atoms. The van der Waals surface area contributed by atoms with Gasteiger partial charge in [-0.3, -0.25) is 4.79 Å². The monoisotopic (exact) mass is 340 g/mol. The van der Waals surface area contributed by atoms with E-state index in [-0.39, 0.29) is 12.5 Å². The molecule has 1 aromatic carbocycles. The number of rotatable bonds is 3. The summed E-state index contributed by atoms with van der Waals surface area (Å²) in [6, 6.07) is 5.15. The van der Waals surface area contributed by atoms with Crippen LogP contribution in [0, 0.1) is 5.92 Å². The number of nitrogens with two attached hydrogens (primary N) is 1. The minimum absolute atomic E-state index is 0.0248. The van der Waals surface area contributed by atoms with Crippen LogP contribution in [0.15, 0.2) is 22.7 Å². The van der Waals surface area contributed by atoms with Gasteiger partial charge in [-0.2, -0.15) is 0 Å². The second kappa shape index (κ2) is 6.14. The summed E-state index contributed by atoms with van der Waals surface area (Å²) in [5.74, 6) is 0.327. The van der Waals surface area contributed by atoms with Crippen molar-refractivity contribution in [3.8, 4) is 0 Å². The first-order valence-electron chi connectivity index (χ1n) is 6.94. The fourth-order valence-corrected chi connectivity index (χ4v) is 3.41. The Balaban J connectivity index is 2.19. The first-order chi connectivity index (χ1) is 9.46. The summed E-state index contributed by atoms with van der Waals surface area (Å²) < 4.78 is 0.709. The first kappa shape index (κ1) is 15.3. The quantitative estimate of drug-likeness (QED) is 0.740. The van der Waals surface area contributed by atoms with E-state index in [0.29, 0.717) is 21.6 Å². The number of anilines is 1. The summed E-state index contributed by atoms with van der Waals surface area (Å²) in [6.07, 6.45) is 3.81. The van der Waals surface area contributed by atoms with Crippen LogP contribution in [-0.2, 0) is 0 Å². The highest BCUT2D eigenvalue weighted by atomic mass is 79.9. The highest BCUT2D eigenvalue weighted by Crippen LogP contribution is 2.32. The van der Waals surface area contributed by atoms with Crippen molar-refractivity contribution < 1.29 is 9.90 Å². The van der Waals surface area contributed by atoms with Gasteiger partial charge in [-0.15, -0.1) is 0 Å². The third-order valence-corrected chi connectivity index (χ3v) is 4.70. The van der Waals surface area contributed by atoms with Gasteiger partial charge in [0.1, 0.15) is 0 Å². The summed E-state index contributed by atoms with van der Waals surface area (Å²) in [5.41, 5.74) is 6.29. The number of hydrogen-bond donors (Lipinski definition) is 3. The number of benzene rings is 1. The second-order valence-electron chi connectivity index (χ2n) is 5.83. The van der Waals surface area contributed by atoms with E-state index in [0.717, 1.165) is 25.7 Å². The maximum absolute atomic E-state index is 12.4. The minimum atomic E-state index is -0.501. The molecule has 1 fully saturated rings. The maximum Gasteiger partial charge on any atom is 0.253 e. The molecule has 5 heteroatoms. The molecule has 1 aromatic rings. The molecule has 0 heterocycles. The summed E-state index contributed by atoms with van der Waals surface area (Å²) >= 11 is 3.37. The van der Waals surface area contributed by atoms with E-state index in [1.54, 1.807) is 18.2 Å². The molecule has 0 spiro atoms. The molecule has 1 amide bonds. The predicted octanol–water partition coefficient (Wildman–Crippen LogP) is 2.70. The molecule has 4 nitrogen and oxygen atoms in total. The number of amides is 1. The van der Waals surface area contributed by atoms with Crippen molar-refractivity contribution in [2.45, 2.75) is 38.1 Å². The third kappa shape index (κ3) is 3.33. The molecule has 2 unspecified atom stereocenters. The maximum atomic E-state index is 12.4. The molecule has 4 N–H and O–H groups in total. The van der Waals surface area contributed by atoms with Gasteiger partial charge in [-0.1, -0.05) is 19.8 Å². The molecule has 20 heavy (non-hydrogen) atoms. The van der Waals surface area contributed by atoms with Gasteiger partial charge in [0.05, 0.1) is 17.7 Å². The molecular formula is C15H21BrN2O2. The third-order valence-electron chi connectivity index (χ3n) is 4.01. The van der Waals surface area contributed by atoms with Gasteiger partial charge >= 0.3 is 0 Å². The number of aliphatic hydroxyl groups excluding tert-OH is 1. The van der Waals surface area contributed by atoms with Gasteiger partial charge in [0.25, 0.3) is 5.91 Å².